The molecule has 2 rings (SSSR count). The summed E-state index contributed by atoms with van der Waals surface area (Å²) in [6.07, 6.45) is 3.46. The van der Waals surface area contributed by atoms with Crippen LogP contribution in [0.4, 0.5) is 0 Å². The summed E-state index contributed by atoms with van der Waals surface area (Å²) in [4.78, 5) is 2.47. The minimum atomic E-state index is 0.189. The van der Waals surface area contributed by atoms with Crippen molar-refractivity contribution in [1.29, 1.82) is 0 Å². The zero-order chi connectivity index (χ0) is 13.0. The summed E-state index contributed by atoms with van der Waals surface area (Å²) in [5.41, 5.74) is 6.91. The molecule has 18 heavy (non-hydrogen) atoms. The molecule has 0 aromatic heterocycles. The van der Waals surface area contributed by atoms with Crippen LogP contribution in [0.2, 0.25) is 0 Å². The van der Waals surface area contributed by atoms with Crippen molar-refractivity contribution in [2.24, 2.45) is 5.73 Å². The fourth-order valence-corrected chi connectivity index (χ4v) is 2.67. The summed E-state index contributed by atoms with van der Waals surface area (Å²) >= 11 is 0. The Labute approximate surface area is 108 Å². The Kier molecular flexibility index (Phi) is 4.44. The van der Waals surface area contributed by atoms with E-state index in [0.717, 1.165) is 19.5 Å². The third-order valence-electron chi connectivity index (χ3n) is 3.61. The molecule has 0 spiro atoms. The molecular formula is C14H22N2O2. The van der Waals surface area contributed by atoms with Crippen LogP contribution in [0.25, 0.3) is 0 Å². The van der Waals surface area contributed by atoms with Crippen molar-refractivity contribution >= 4 is 0 Å². The molecule has 1 aliphatic heterocycles. The summed E-state index contributed by atoms with van der Waals surface area (Å²) in [5.74, 6) is 0.725. The van der Waals surface area contributed by atoms with E-state index in [1.54, 1.807) is 13.2 Å². The Morgan fingerprint density at radius 2 is 2.11 bits per heavy atom. The van der Waals surface area contributed by atoms with Crippen LogP contribution in [-0.2, 0) is 0 Å². The number of methoxy groups -OCH3 is 1. The molecule has 1 fully saturated rings. The highest BCUT2D eigenvalue weighted by atomic mass is 16.5. The van der Waals surface area contributed by atoms with Crippen LogP contribution in [0.1, 0.15) is 30.9 Å². The average Bonchev–Trinajstić information content (AvgIpc) is 2.90. The van der Waals surface area contributed by atoms with Crippen molar-refractivity contribution in [3.63, 3.8) is 0 Å². The van der Waals surface area contributed by atoms with Gasteiger partial charge in [-0.2, -0.15) is 0 Å². The number of phenolic OH excluding ortho intramolecular Hbond substituents is 1. The first-order valence-corrected chi connectivity index (χ1v) is 6.57. The van der Waals surface area contributed by atoms with Gasteiger partial charge in [0.1, 0.15) is 0 Å². The van der Waals surface area contributed by atoms with Gasteiger partial charge in [0.05, 0.1) is 7.11 Å². The normalized spacial score (nSPS) is 17.9. The quantitative estimate of drug-likeness (QED) is 0.838. The minimum absolute atomic E-state index is 0.189. The number of nitrogens with two attached hydrogens (primary N) is 1. The molecule has 1 unspecified atom stereocenters. The molecule has 0 saturated carbocycles. The number of aromatic hydroxyl groups is 1. The van der Waals surface area contributed by atoms with E-state index in [-0.39, 0.29) is 5.75 Å². The van der Waals surface area contributed by atoms with E-state index in [4.69, 9.17) is 10.5 Å². The van der Waals surface area contributed by atoms with Crippen molar-refractivity contribution < 1.29 is 9.84 Å². The maximum Gasteiger partial charge on any atom is 0.160 e. The van der Waals surface area contributed by atoms with E-state index < -0.39 is 0 Å². The van der Waals surface area contributed by atoms with E-state index in [0.29, 0.717) is 18.3 Å². The second-order valence-corrected chi connectivity index (χ2v) is 4.77. The highest BCUT2D eigenvalue weighted by Gasteiger charge is 2.23. The molecule has 1 saturated heterocycles. The number of rotatable bonds is 5. The zero-order valence-electron chi connectivity index (χ0n) is 10.9. The van der Waals surface area contributed by atoms with Crippen LogP contribution < -0.4 is 10.5 Å². The van der Waals surface area contributed by atoms with E-state index >= 15 is 0 Å². The number of benzene rings is 1. The van der Waals surface area contributed by atoms with Crippen LogP contribution in [0.3, 0.4) is 0 Å². The summed E-state index contributed by atoms with van der Waals surface area (Å²) in [5, 5.41) is 9.65. The van der Waals surface area contributed by atoms with Gasteiger partial charge in [0.15, 0.2) is 11.5 Å². The van der Waals surface area contributed by atoms with Crippen LogP contribution >= 0.6 is 0 Å². The number of phenols is 1. The second-order valence-electron chi connectivity index (χ2n) is 4.77. The second kappa shape index (κ2) is 6.07. The number of hydrogen-bond acceptors (Lipinski definition) is 4. The Hall–Kier alpha value is -1.26. The lowest BCUT2D eigenvalue weighted by Gasteiger charge is -2.28. The Balaban J connectivity index is 2.23. The summed E-state index contributed by atoms with van der Waals surface area (Å²) in [6.45, 7) is 2.94. The number of ether oxygens (including phenoxy) is 1. The van der Waals surface area contributed by atoms with Gasteiger partial charge in [-0.05, 0) is 56.6 Å². The summed E-state index contributed by atoms with van der Waals surface area (Å²) < 4.78 is 5.18. The first-order valence-electron chi connectivity index (χ1n) is 6.57. The SMILES string of the molecule is COc1cc(C(CCN)N2CCCC2)ccc1O. The summed E-state index contributed by atoms with van der Waals surface area (Å²) in [6, 6.07) is 5.94. The van der Waals surface area contributed by atoms with E-state index in [1.807, 2.05) is 12.1 Å². The van der Waals surface area contributed by atoms with E-state index in [1.165, 1.54) is 18.4 Å². The van der Waals surface area contributed by atoms with Crippen molar-refractivity contribution in [2.45, 2.75) is 25.3 Å². The first kappa shape index (κ1) is 13.2. The highest BCUT2D eigenvalue weighted by Crippen LogP contribution is 2.33. The molecule has 1 aliphatic rings. The third kappa shape index (κ3) is 2.76. The van der Waals surface area contributed by atoms with Gasteiger partial charge in [0, 0.05) is 6.04 Å². The van der Waals surface area contributed by atoms with E-state index in [2.05, 4.69) is 4.90 Å². The molecule has 1 aromatic carbocycles. The highest BCUT2D eigenvalue weighted by molar-refractivity contribution is 5.42. The molecule has 100 valence electrons. The smallest absolute Gasteiger partial charge is 0.160 e. The number of hydrogen-bond donors (Lipinski definition) is 2. The van der Waals surface area contributed by atoms with Crippen molar-refractivity contribution in [3.05, 3.63) is 23.8 Å². The first-order chi connectivity index (χ1) is 8.76. The molecule has 0 radical (unpaired) electrons. The third-order valence-corrected chi connectivity index (χ3v) is 3.61. The average molecular weight is 250 g/mol. The molecule has 1 heterocycles. The lowest BCUT2D eigenvalue weighted by Crippen LogP contribution is -2.27. The molecule has 0 amide bonds. The van der Waals surface area contributed by atoms with Gasteiger partial charge in [0.2, 0.25) is 0 Å². The zero-order valence-corrected chi connectivity index (χ0v) is 10.9. The van der Waals surface area contributed by atoms with Gasteiger partial charge in [-0.1, -0.05) is 6.07 Å². The molecular weight excluding hydrogens is 228 g/mol. The predicted octanol–water partition coefficient (Wildman–Crippen LogP) is 1.89. The van der Waals surface area contributed by atoms with Gasteiger partial charge in [-0.3, -0.25) is 4.90 Å². The minimum Gasteiger partial charge on any atom is -0.504 e. The molecule has 0 bridgehead atoms. The summed E-state index contributed by atoms with van der Waals surface area (Å²) in [7, 11) is 1.58. The van der Waals surface area contributed by atoms with Crippen LogP contribution in [0, 0.1) is 0 Å². The molecule has 3 N–H and O–H groups in total. The Morgan fingerprint density at radius 3 is 2.72 bits per heavy atom. The number of likely N-dealkylation sites (tertiary alicyclic amines) is 1. The lowest BCUT2D eigenvalue weighted by molar-refractivity contribution is 0.235. The van der Waals surface area contributed by atoms with Gasteiger partial charge in [0.25, 0.3) is 0 Å². The molecule has 4 nitrogen and oxygen atoms in total. The molecule has 1 aromatic rings. The fourth-order valence-electron chi connectivity index (χ4n) is 2.67. The van der Waals surface area contributed by atoms with E-state index in [9.17, 15) is 5.11 Å². The molecule has 1 atom stereocenters. The maximum absolute atomic E-state index is 9.65. The van der Waals surface area contributed by atoms with Crippen LogP contribution in [0.15, 0.2) is 18.2 Å². The molecule has 0 aliphatic carbocycles. The topological polar surface area (TPSA) is 58.7 Å². The Bertz CT molecular complexity index is 389. The van der Waals surface area contributed by atoms with Crippen molar-refractivity contribution in [2.75, 3.05) is 26.7 Å². The monoisotopic (exact) mass is 250 g/mol. The standard InChI is InChI=1S/C14H22N2O2/c1-18-14-10-11(4-5-13(14)17)12(6-7-15)16-8-2-3-9-16/h4-5,10,12,17H,2-3,6-9,15H2,1H3. The van der Waals surface area contributed by atoms with Gasteiger partial charge >= 0.3 is 0 Å². The Morgan fingerprint density at radius 1 is 1.39 bits per heavy atom. The van der Waals surface area contributed by atoms with Crippen LogP contribution in [0.5, 0.6) is 11.5 Å². The van der Waals surface area contributed by atoms with Gasteiger partial charge < -0.3 is 15.6 Å². The molecule has 4 heteroatoms. The lowest BCUT2D eigenvalue weighted by atomic mass is 10.0. The fraction of sp³-hybridized carbons (Fsp3) is 0.571. The maximum atomic E-state index is 9.65. The van der Waals surface area contributed by atoms with Crippen molar-refractivity contribution in [3.8, 4) is 11.5 Å². The largest absolute Gasteiger partial charge is 0.504 e. The number of nitrogens with zero attached hydrogens (tertiary/aromatic N) is 1. The van der Waals surface area contributed by atoms with Crippen molar-refractivity contribution in [1.82, 2.24) is 4.90 Å². The van der Waals surface area contributed by atoms with Gasteiger partial charge in [-0.15, -0.1) is 0 Å². The van der Waals surface area contributed by atoms with Gasteiger partial charge in [-0.25, -0.2) is 0 Å². The van der Waals surface area contributed by atoms with Crippen LogP contribution in [-0.4, -0.2) is 36.8 Å². The predicted molar refractivity (Wildman–Crippen MR) is 71.9 cm³/mol.